The van der Waals surface area contributed by atoms with E-state index in [1.165, 1.54) is 12.1 Å². The highest BCUT2D eigenvalue weighted by Crippen LogP contribution is 2.13. The molecule has 2 heterocycles. The molecule has 2 saturated heterocycles. The Balaban J connectivity index is 0. The van der Waals surface area contributed by atoms with Crippen molar-refractivity contribution in [3.63, 3.8) is 0 Å². The standard InChI is InChI=1S/C10H13BO4.C9H11BO5.2CH4/c1-3-4-5-11-14-9(12)6-8(2)7-10(13)15-11;1-7-5-8(12)14-10(3-2-4-11)15-9(13)6-7;;/h4-5H,2-3,6-7H2,1H3;2-3,11H,1,4-6H2;2*1H4/b5-4+;3-2+;;. The Labute approximate surface area is 190 Å². The van der Waals surface area contributed by atoms with E-state index in [2.05, 4.69) is 13.2 Å². The summed E-state index contributed by atoms with van der Waals surface area (Å²) in [6, 6.07) is 0. The Hall–Kier alpha value is -3.07. The predicted octanol–water partition coefficient (Wildman–Crippen LogP) is 2.69. The smallest absolute Gasteiger partial charge is 0.495 e. The van der Waals surface area contributed by atoms with Crippen LogP contribution in [0.5, 0.6) is 0 Å². The predicted molar refractivity (Wildman–Crippen MR) is 122 cm³/mol. The van der Waals surface area contributed by atoms with Gasteiger partial charge in [0.05, 0.1) is 32.3 Å². The summed E-state index contributed by atoms with van der Waals surface area (Å²) in [4.78, 5) is 44.7. The summed E-state index contributed by atoms with van der Waals surface area (Å²) in [5.41, 5.74) is 0.984. The maximum Gasteiger partial charge on any atom is 0.628 e. The SMILES string of the molecule is C.C.C=C1CC(=O)OB(/C=C/CC)OC(=O)C1.C=C1CC(=O)OB(/C=C/CO)OC(=O)C1. The van der Waals surface area contributed by atoms with Gasteiger partial charge in [-0.05, 0) is 18.4 Å². The molecule has 0 aromatic carbocycles. The summed E-state index contributed by atoms with van der Waals surface area (Å²) in [5, 5.41) is 8.51. The zero-order chi connectivity index (χ0) is 22.5. The molecular formula is C21H32B2O9. The van der Waals surface area contributed by atoms with Crippen molar-refractivity contribution < 1.29 is 42.9 Å². The average molecular weight is 450 g/mol. The van der Waals surface area contributed by atoms with Crippen molar-refractivity contribution in [1.29, 1.82) is 0 Å². The second-order valence-electron chi connectivity index (χ2n) is 6.35. The zero-order valence-electron chi connectivity index (χ0n) is 16.8. The molecule has 2 rings (SSSR count). The number of aliphatic hydroxyl groups is 1. The van der Waals surface area contributed by atoms with E-state index >= 15 is 0 Å². The Morgan fingerprint density at radius 1 is 0.750 bits per heavy atom. The van der Waals surface area contributed by atoms with Gasteiger partial charge >= 0.3 is 14.2 Å². The molecule has 2 fully saturated rings. The van der Waals surface area contributed by atoms with Crippen LogP contribution in [0.3, 0.4) is 0 Å². The Morgan fingerprint density at radius 2 is 1.06 bits per heavy atom. The molecule has 0 aromatic rings. The van der Waals surface area contributed by atoms with Crippen LogP contribution in [0, 0.1) is 0 Å². The minimum absolute atomic E-state index is 0. The molecule has 0 spiro atoms. The average Bonchev–Trinajstić information content (AvgIpc) is 2.61. The first-order chi connectivity index (χ1) is 14.2. The lowest BCUT2D eigenvalue weighted by Gasteiger charge is -2.15. The lowest BCUT2D eigenvalue weighted by Crippen LogP contribution is -2.30. The Kier molecular flexibility index (Phi) is 16.1. The van der Waals surface area contributed by atoms with E-state index in [0.717, 1.165) is 6.42 Å². The van der Waals surface area contributed by atoms with Gasteiger partial charge in [0.2, 0.25) is 0 Å². The van der Waals surface area contributed by atoms with Gasteiger partial charge in [-0.1, -0.05) is 58.2 Å². The molecule has 32 heavy (non-hydrogen) atoms. The van der Waals surface area contributed by atoms with E-state index in [4.69, 9.17) is 23.7 Å². The van der Waals surface area contributed by atoms with Crippen LogP contribution in [0.25, 0.3) is 0 Å². The molecule has 0 saturated carbocycles. The highest BCUT2D eigenvalue weighted by Gasteiger charge is 2.29. The number of aliphatic hydroxyl groups excluding tert-OH is 1. The van der Waals surface area contributed by atoms with Gasteiger partial charge in [0.1, 0.15) is 0 Å². The molecule has 0 unspecified atom stereocenters. The number of hydrogen-bond acceptors (Lipinski definition) is 9. The van der Waals surface area contributed by atoms with E-state index in [9.17, 15) is 19.2 Å². The quantitative estimate of drug-likeness (QED) is 0.508. The number of allylic oxidation sites excluding steroid dienone is 1. The Morgan fingerprint density at radius 3 is 1.34 bits per heavy atom. The topological polar surface area (TPSA) is 125 Å². The maximum atomic E-state index is 11.2. The highest BCUT2D eigenvalue weighted by atomic mass is 16.6. The zero-order valence-corrected chi connectivity index (χ0v) is 16.8. The monoisotopic (exact) mass is 450 g/mol. The van der Waals surface area contributed by atoms with Gasteiger partial charge in [0.25, 0.3) is 23.9 Å². The molecule has 0 radical (unpaired) electrons. The summed E-state index contributed by atoms with van der Waals surface area (Å²) in [6.07, 6.45) is 4.08. The number of carbonyl (C=O) groups is 4. The van der Waals surface area contributed by atoms with Crippen LogP contribution >= 0.6 is 0 Å². The van der Waals surface area contributed by atoms with Gasteiger partial charge < -0.3 is 23.7 Å². The van der Waals surface area contributed by atoms with Gasteiger partial charge in [-0.2, -0.15) is 0 Å². The van der Waals surface area contributed by atoms with Gasteiger partial charge in [0, 0.05) is 0 Å². The number of rotatable bonds is 4. The molecule has 1 N–H and O–H groups in total. The third-order valence-electron chi connectivity index (χ3n) is 3.50. The summed E-state index contributed by atoms with van der Waals surface area (Å²) in [7, 11) is -1.94. The first-order valence-electron chi connectivity index (χ1n) is 9.28. The Bertz CT molecular complexity index is 638. The summed E-state index contributed by atoms with van der Waals surface area (Å²) in [5.74, 6) is 1.03. The fourth-order valence-electron chi connectivity index (χ4n) is 2.25. The van der Waals surface area contributed by atoms with Crippen molar-refractivity contribution in [1.82, 2.24) is 0 Å². The largest absolute Gasteiger partial charge is 0.628 e. The van der Waals surface area contributed by atoms with Gasteiger partial charge in [-0.25, -0.2) is 0 Å². The van der Waals surface area contributed by atoms with Crippen molar-refractivity contribution >= 4 is 38.1 Å². The summed E-state index contributed by atoms with van der Waals surface area (Å²) < 4.78 is 19.4. The third kappa shape index (κ3) is 13.3. The molecule has 176 valence electrons. The highest BCUT2D eigenvalue weighted by molar-refractivity contribution is 6.55. The van der Waals surface area contributed by atoms with E-state index in [-0.39, 0.29) is 47.1 Å². The number of hydrogen-bond donors (Lipinski definition) is 1. The van der Waals surface area contributed by atoms with Gasteiger partial charge in [-0.3, -0.25) is 19.2 Å². The number of carbonyl (C=O) groups excluding carboxylic acids is 4. The van der Waals surface area contributed by atoms with Gasteiger partial charge in [-0.15, -0.1) is 0 Å². The molecule has 2 aliphatic heterocycles. The second-order valence-corrected chi connectivity index (χ2v) is 6.35. The van der Waals surface area contributed by atoms with Crippen LogP contribution < -0.4 is 0 Å². The molecule has 0 amide bonds. The molecule has 9 nitrogen and oxygen atoms in total. The normalized spacial score (nSPS) is 17.3. The van der Waals surface area contributed by atoms with E-state index in [1.54, 1.807) is 12.1 Å². The van der Waals surface area contributed by atoms with E-state index in [1.807, 2.05) is 6.92 Å². The van der Waals surface area contributed by atoms with Gasteiger partial charge in [0.15, 0.2) is 0 Å². The van der Waals surface area contributed by atoms with Crippen molar-refractivity contribution in [3.05, 3.63) is 48.4 Å². The lowest BCUT2D eigenvalue weighted by molar-refractivity contribution is -0.143. The fourth-order valence-corrected chi connectivity index (χ4v) is 2.25. The van der Waals surface area contributed by atoms with Crippen molar-refractivity contribution in [2.45, 2.75) is 53.9 Å². The first kappa shape index (κ1) is 31.1. The van der Waals surface area contributed by atoms with E-state index in [0.29, 0.717) is 11.1 Å². The molecule has 0 atom stereocenters. The van der Waals surface area contributed by atoms with Crippen molar-refractivity contribution in [2.75, 3.05) is 6.61 Å². The fraction of sp³-hybridized carbons (Fsp3) is 0.429. The van der Waals surface area contributed by atoms with Crippen molar-refractivity contribution in [2.24, 2.45) is 0 Å². The lowest BCUT2D eigenvalue weighted by atomic mass is 9.88. The van der Waals surface area contributed by atoms with E-state index < -0.39 is 38.1 Å². The summed E-state index contributed by atoms with van der Waals surface area (Å²) in [6.45, 7) is 8.85. The summed E-state index contributed by atoms with van der Waals surface area (Å²) >= 11 is 0. The molecule has 11 heteroatoms. The third-order valence-corrected chi connectivity index (χ3v) is 3.50. The van der Waals surface area contributed by atoms with Crippen LogP contribution in [0.2, 0.25) is 0 Å². The molecule has 0 aromatic heterocycles. The van der Waals surface area contributed by atoms with Crippen LogP contribution in [-0.2, 0) is 37.8 Å². The molecular weight excluding hydrogens is 418 g/mol. The van der Waals surface area contributed by atoms with Crippen molar-refractivity contribution in [3.8, 4) is 0 Å². The molecule has 0 aliphatic carbocycles. The first-order valence-corrected chi connectivity index (χ1v) is 9.28. The minimum atomic E-state index is -1.05. The van der Waals surface area contributed by atoms with Crippen LogP contribution in [0.15, 0.2) is 48.4 Å². The van der Waals surface area contributed by atoms with Crippen LogP contribution in [-0.4, -0.2) is 49.8 Å². The molecule has 0 bridgehead atoms. The van der Waals surface area contributed by atoms with Crippen LogP contribution in [0.1, 0.15) is 53.9 Å². The molecule has 2 aliphatic rings. The van der Waals surface area contributed by atoms with Crippen LogP contribution in [0.4, 0.5) is 0 Å². The second kappa shape index (κ2) is 16.6. The minimum Gasteiger partial charge on any atom is -0.495 e. The maximum absolute atomic E-state index is 11.2.